The van der Waals surface area contributed by atoms with Crippen molar-refractivity contribution >= 4 is 40.9 Å². The van der Waals surface area contributed by atoms with Gasteiger partial charge in [-0.2, -0.15) is 0 Å². The van der Waals surface area contributed by atoms with E-state index in [-0.39, 0.29) is 16.4 Å². The molecule has 2 amide bonds. The number of amides is 2. The zero-order valence-electron chi connectivity index (χ0n) is 13.2. The number of carbonyl (C=O) groups is 2. The fraction of sp³-hybridized carbons (Fsp3) is 0.0556. The smallest absolute Gasteiger partial charge is 0.270 e. The molecule has 3 rings (SSSR count). The fourth-order valence-electron chi connectivity index (χ4n) is 2.43. The lowest BCUT2D eigenvalue weighted by atomic mass is 10.1. The van der Waals surface area contributed by atoms with Gasteiger partial charge in [0.05, 0.1) is 12.8 Å². The summed E-state index contributed by atoms with van der Waals surface area (Å²) in [4.78, 5) is 26.2. The number of nitrogens with zero attached hydrogens (tertiary/aromatic N) is 1. The van der Waals surface area contributed by atoms with Crippen molar-refractivity contribution in [3.05, 3.63) is 59.7 Å². The summed E-state index contributed by atoms with van der Waals surface area (Å²) in [7, 11) is 1.43. The zero-order valence-corrected chi connectivity index (χ0v) is 14.0. The molecule has 25 heavy (non-hydrogen) atoms. The topological polar surface area (TPSA) is 78.9 Å². The summed E-state index contributed by atoms with van der Waals surface area (Å²) in [5.41, 5.74) is 0.959. The summed E-state index contributed by atoms with van der Waals surface area (Å²) in [6, 6.07) is 13.4. The van der Waals surface area contributed by atoms with Crippen molar-refractivity contribution in [1.29, 1.82) is 0 Å². The highest BCUT2D eigenvalue weighted by molar-refractivity contribution is 7.80. The summed E-state index contributed by atoms with van der Waals surface area (Å²) in [6.07, 6.45) is 1.40. The predicted molar refractivity (Wildman–Crippen MR) is 97.3 cm³/mol. The largest absolute Gasteiger partial charge is 0.504 e. The maximum atomic E-state index is 12.8. The number of hydrogen-bond donors (Lipinski definition) is 2. The first-order chi connectivity index (χ1) is 12.0. The van der Waals surface area contributed by atoms with Crippen molar-refractivity contribution in [1.82, 2.24) is 5.32 Å². The molecule has 2 aromatic carbocycles. The van der Waals surface area contributed by atoms with Gasteiger partial charge in [0, 0.05) is 0 Å². The number of thiocarbonyl (C=S) groups is 1. The lowest BCUT2D eigenvalue weighted by molar-refractivity contribution is -0.122. The Bertz CT molecular complexity index is 893. The lowest BCUT2D eigenvalue weighted by Gasteiger charge is -2.28. The van der Waals surface area contributed by atoms with Gasteiger partial charge in [0.15, 0.2) is 16.6 Å². The number of para-hydroxylation sites is 1. The number of benzene rings is 2. The number of phenolic OH excluding ortho intramolecular Hbond substituents is 1. The molecule has 1 heterocycles. The van der Waals surface area contributed by atoms with E-state index in [1.807, 2.05) is 6.07 Å². The van der Waals surface area contributed by atoms with Crippen molar-refractivity contribution < 1.29 is 19.4 Å². The molecule has 0 unspecified atom stereocenters. The van der Waals surface area contributed by atoms with Crippen LogP contribution >= 0.6 is 12.2 Å². The molecule has 0 spiro atoms. The second-order valence-electron chi connectivity index (χ2n) is 5.22. The molecule has 1 saturated heterocycles. The molecular formula is C18H14N2O4S. The second-order valence-corrected chi connectivity index (χ2v) is 5.61. The molecule has 0 radical (unpaired) electrons. The summed E-state index contributed by atoms with van der Waals surface area (Å²) >= 11 is 5.12. The highest BCUT2D eigenvalue weighted by Gasteiger charge is 2.34. The van der Waals surface area contributed by atoms with Crippen LogP contribution < -0.4 is 15.0 Å². The average molecular weight is 354 g/mol. The quantitative estimate of drug-likeness (QED) is 0.502. The molecule has 1 aliphatic rings. The molecule has 1 fully saturated rings. The van der Waals surface area contributed by atoms with Crippen molar-refractivity contribution in [3.63, 3.8) is 0 Å². The molecule has 126 valence electrons. The molecule has 2 aromatic rings. The predicted octanol–water partition coefficient (Wildman–Crippen LogP) is 2.23. The Labute approximate surface area is 149 Å². The van der Waals surface area contributed by atoms with Gasteiger partial charge in [0.2, 0.25) is 0 Å². The Morgan fingerprint density at radius 1 is 1.16 bits per heavy atom. The van der Waals surface area contributed by atoms with Crippen LogP contribution in [0.2, 0.25) is 0 Å². The number of rotatable bonds is 3. The maximum absolute atomic E-state index is 12.8. The van der Waals surface area contributed by atoms with E-state index in [1.54, 1.807) is 36.4 Å². The van der Waals surface area contributed by atoms with Crippen LogP contribution in [-0.4, -0.2) is 29.1 Å². The van der Waals surface area contributed by atoms with Crippen molar-refractivity contribution in [2.24, 2.45) is 0 Å². The molecule has 7 heteroatoms. The molecule has 0 atom stereocenters. The monoisotopic (exact) mass is 354 g/mol. The number of nitrogens with one attached hydrogen (secondary N) is 1. The van der Waals surface area contributed by atoms with Crippen molar-refractivity contribution in [2.75, 3.05) is 12.0 Å². The van der Waals surface area contributed by atoms with Crippen LogP contribution in [0.4, 0.5) is 5.69 Å². The fourth-order valence-corrected chi connectivity index (χ4v) is 2.71. The van der Waals surface area contributed by atoms with Crippen molar-refractivity contribution in [3.8, 4) is 11.5 Å². The summed E-state index contributed by atoms with van der Waals surface area (Å²) in [5.74, 6) is -0.905. The number of anilines is 1. The van der Waals surface area contributed by atoms with Gasteiger partial charge < -0.3 is 9.84 Å². The Morgan fingerprint density at radius 2 is 1.88 bits per heavy atom. The Balaban J connectivity index is 2.00. The third kappa shape index (κ3) is 3.22. The minimum Gasteiger partial charge on any atom is -0.504 e. The number of carbonyl (C=O) groups excluding carboxylic acids is 2. The average Bonchev–Trinajstić information content (AvgIpc) is 2.59. The van der Waals surface area contributed by atoms with Gasteiger partial charge in [0.1, 0.15) is 5.57 Å². The number of hydrogen-bond acceptors (Lipinski definition) is 5. The van der Waals surface area contributed by atoms with Crippen LogP contribution in [0.15, 0.2) is 54.1 Å². The molecule has 0 bridgehead atoms. The Hall–Kier alpha value is -3.19. The van der Waals surface area contributed by atoms with Gasteiger partial charge in [-0.05, 0) is 48.1 Å². The van der Waals surface area contributed by atoms with E-state index in [0.29, 0.717) is 17.0 Å². The third-order valence-electron chi connectivity index (χ3n) is 3.63. The highest BCUT2D eigenvalue weighted by atomic mass is 32.1. The van der Waals surface area contributed by atoms with Crippen LogP contribution in [0.3, 0.4) is 0 Å². The summed E-state index contributed by atoms with van der Waals surface area (Å²) < 4.78 is 4.98. The first-order valence-corrected chi connectivity index (χ1v) is 7.75. The van der Waals surface area contributed by atoms with E-state index in [4.69, 9.17) is 17.0 Å². The number of methoxy groups -OCH3 is 1. The van der Waals surface area contributed by atoms with Gasteiger partial charge in [-0.15, -0.1) is 0 Å². The lowest BCUT2D eigenvalue weighted by Crippen LogP contribution is -2.54. The third-order valence-corrected chi connectivity index (χ3v) is 3.91. The summed E-state index contributed by atoms with van der Waals surface area (Å²) in [6.45, 7) is 0. The van der Waals surface area contributed by atoms with Crippen LogP contribution in [0.5, 0.6) is 11.5 Å². The molecule has 0 aliphatic carbocycles. The maximum Gasteiger partial charge on any atom is 0.270 e. The van der Waals surface area contributed by atoms with E-state index in [2.05, 4.69) is 5.32 Å². The van der Waals surface area contributed by atoms with E-state index in [9.17, 15) is 14.7 Å². The van der Waals surface area contributed by atoms with Crippen LogP contribution in [0.25, 0.3) is 6.08 Å². The molecule has 0 saturated carbocycles. The van der Waals surface area contributed by atoms with Crippen LogP contribution in [0.1, 0.15) is 5.56 Å². The second kappa shape index (κ2) is 6.74. The van der Waals surface area contributed by atoms with Crippen LogP contribution in [-0.2, 0) is 9.59 Å². The molecular weight excluding hydrogens is 340 g/mol. The van der Waals surface area contributed by atoms with E-state index in [1.165, 1.54) is 24.2 Å². The number of ether oxygens (including phenoxy) is 1. The normalized spacial score (nSPS) is 16.1. The van der Waals surface area contributed by atoms with Gasteiger partial charge in [-0.25, -0.2) is 0 Å². The first kappa shape index (κ1) is 16.7. The number of aromatic hydroxyl groups is 1. The minimum absolute atomic E-state index is 0.0240. The summed E-state index contributed by atoms with van der Waals surface area (Å²) in [5, 5.41) is 12.4. The van der Waals surface area contributed by atoms with E-state index < -0.39 is 11.8 Å². The van der Waals surface area contributed by atoms with E-state index >= 15 is 0 Å². The highest BCUT2D eigenvalue weighted by Crippen LogP contribution is 2.28. The van der Waals surface area contributed by atoms with Gasteiger partial charge >= 0.3 is 0 Å². The van der Waals surface area contributed by atoms with Crippen LogP contribution in [0, 0.1) is 0 Å². The number of phenols is 1. The minimum atomic E-state index is -0.586. The van der Waals surface area contributed by atoms with E-state index in [0.717, 1.165) is 0 Å². The standard InChI is InChI=1S/C18H14N2O4S/c1-24-15-8-7-11(10-14(15)21)9-13-16(22)19-18(25)20(17(13)23)12-5-3-2-4-6-12/h2-10,21H,1H3,(H,19,22,25)/b13-9-. The SMILES string of the molecule is COc1ccc(/C=C2/C(=O)NC(=S)N(c3ccccc3)C2=O)cc1O. The van der Waals surface area contributed by atoms with Gasteiger partial charge in [-0.3, -0.25) is 19.8 Å². The molecule has 0 aromatic heterocycles. The Morgan fingerprint density at radius 3 is 2.52 bits per heavy atom. The first-order valence-electron chi connectivity index (χ1n) is 7.35. The molecule has 1 aliphatic heterocycles. The molecule has 6 nitrogen and oxygen atoms in total. The van der Waals surface area contributed by atoms with Crippen molar-refractivity contribution in [2.45, 2.75) is 0 Å². The Kier molecular flexibility index (Phi) is 4.49. The van der Waals surface area contributed by atoms with Gasteiger partial charge in [0.25, 0.3) is 11.8 Å². The van der Waals surface area contributed by atoms with Gasteiger partial charge in [-0.1, -0.05) is 24.3 Å². The molecule has 2 N–H and O–H groups in total. The zero-order chi connectivity index (χ0) is 18.0.